The second-order valence-electron chi connectivity index (χ2n) is 4.44. The Kier molecular flexibility index (Phi) is 5.44. The SMILES string of the molecule is Cc1ccc(F)c(NC(=O)C(=O)NCC(C)CO)c1. The predicted octanol–water partition coefficient (Wildman–Crippen LogP) is 0.817. The Bertz CT molecular complexity index is 477. The molecule has 1 atom stereocenters. The normalized spacial score (nSPS) is 11.8. The third-order valence-corrected chi connectivity index (χ3v) is 2.50. The van der Waals surface area contributed by atoms with Crippen molar-refractivity contribution in [3.63, 3.8) is 0 Å². The minimum absolute atomic E-state index is 0.0321. The third-order valence-electron chi connectivity index (χ3n) is 2.50. The summed E-state index contributed by atoms with van der Waals surface area (Å²) in [5, 5.41) is 13.3. The van der Waals surface area contributed by atoms with Gasteiger partial charge in [0.15, 0.2) is 0 Å². The molecule has 0 spiro atoms. The van der Waals surface area contributed by atoms with Crippen molar-refractivity contribution in [1.29, 1.82) is 0 Å². The Morgan fingerprint density at radius 1 is 1.37 bits per heavy atom. The van der Waals surface area contributed by atoms with Gasteiger partial charge in [-0.1, -0.05) is 13.0 Å². The lowest BCUT2D eigenvalue weighted by atomic mass is 10.2. The highest BCUT2D eigenvalue weighted by atomic mass is 19.1. The summed E-state index contributed by atoms with van der Waals surface area (Å²) >= 11 is 0. The first-order valence-electron chi connectivity index (χ1n) is 5.90. The molecule has 0 heterocycles. The molecule has 3 N–H and O–H groups in total. The number of hydrogen-bond donors (Lipinski definition) is 3. The van der Waals surface area contributed by atoms with Gasteiger partial charge < -0.3 is 15.7 Å². The molecular formula is C13H17FN2O3. The van der Waals surface area contributed by atoms with Crippen LogP contribution in [0.2, 0.25) is 0 Å². The molecular weight excluding hydrogens is 251 g/mol. The van der Waals surface area contributed by atoms with E-state index in [1.54, 1.807) is 19.9 Å². The molecule has 0 saturated carbocycles. The van der Waals surface area contributed by atoms with Crippen LogP contribution in [0.1, 0.15) is 12.5 Å². The van der Waals surface area contributed by atoms with Crippen molar-refractivity contribution < 1.29 is 19.1 Å². The van der Waals surface area contributed by atoms with Crippen LogP contribution in [0.4, 0.5) is 10.1 Å². The molecule has 19 heavy (non-hydrogen) atoms. The van der Waals surface area contributed by atoms with E-state index < -0.39 is 17.6 Å². The lowest BCUT2D eigenvalue weighted by Gasteiger charge is -2.10. The maximum absolute atomic E-state index is 13.4. The van der Waals surface area contributed by atoms with E-state index in [9.17, 15) is 14.0 Å². The van der Waals surface area contributed by atoms with Gasteiger partial charge >= 0.3 is 11.8 Å². The number of carbonyl (C=O) groups excluding carboxylic acids is 2. The van der Waals surface area contributed by atoms with Gasteiger partial charge in [-0.25, -0.2) is 4.39 Å². The summed E-state index contributed by atoms with van der Waals surface area (Å²) in [4.78, 5) is 23.0. The molecule has 6 heteroatoms. The highest BCUT2D eigenvalue weighted by Crippen LogP contribution is 2.15. The van der Waals surface area contributed by atoms with Gasteiger partial charge in [0, 0.05) is 13.2 Å². The van der Waals surface area contributed by atoms with Gasteiger partial charge in [-0.2, -0.15) is 0 Å². The average molecular weight is 268 g/mol. The van der Waals surface area contributed by atoms with Crippen molar-refractivity contribution in [2.45, 2.75) is 13.8 Å². The quantitative estimate of drug-likeness (QED) is 0.707. The van der Waals surface area contributed by atoms with Gasteiger partial charge in [-0.05, 0) is 30.5 Å². The molecule has 1 aromatic rings. The molecule has 1 unspecified atom stereocenters. The van der Waals surface area contributed by atoms with Crippen LogP contribution >= 0.6 is 0 Å². The van der Waals surface area contributed by atoms with Crippen LogP contribution in [0.3, 0.4) is 0 Å². The minimum atomic E-state index is -0.936. The smallest absolute Gasteiger partial charge is 0.313 e. The molecule has 0 radical (unpaired) electrons. The molecule has 0 aliphatic carbocycles. The zero-order chi connectivity index (χ0) is 14.4. The van der Waals surface area contributed by atoms with Crippen LogP contribution in [0.25, 0.3) is 0 Å². The molecule has 0 aliphatic heterocycles. The molecule has 1 rings (SSSR count). The summed E-state index contributed by atoms with van der Waals surface area (Å²) in [7, 11) is 0. The second-order valence-corrected chi connectivity index (χ2v) is 4.44. The maximum Gasteiger partial charge on any atom is 0.313 e. The van der Waals surface area contributed by atoms with E-state index in [0.717, 1.165) is 5.56 Å². The fourth-order valence-electron chi connectivity index (χ4n) is 1.33. The van der Waals surface area contributed by atoms with E-state index in [2.05, 4.69) is 10.6 Å². The fraction of sp³-hybridized carbons (Fsp3) is 0.385. The number of aliphatic hydroxyl groups is 1. The highest BCUT2D eigenvalue weighted by Gasteiger charge is 2.16. The summed E-state index contributed by atoms with van der Waals surface area (Å²) in [5.41, 5.74) is 0.737. The zero-order valence-corrected chi connectivity index (χ0v) is 10.9. The number of hydrogen-bond acceptors (Lipinski definition) is 3. The number of aliphatic hydroxyl groups excluding tert-OH is 1. The third kappa shape index (κ3) is 4.67. The summed E-state index contributed by atoms with van der Waals surface area (Å²) < 4.78 is 13.4. The van der Waals surface area contributed by atoms with Crippen LogP contribution in [0, 0.1) is 18.7 Å². The number of halogens is 1. The second kappa shape index (κ2) is 6.84. The molecule has 0 aliphatic rings. The monoisotopic (exact) mass is 268 g/mol. The Hall–Kier alpha value is -1.95. The van der Waals surface area contributed by atoms with Crippen molar-refractivity contribution in [2.75, 3.05) is 18.5 Å². The summed E-state index contributed by atoms with van der Waals surface area (Å²) in [6.07, 6.45) is 0. The van der Waals surface area contributed by atoms with Crippen LogP contribution in [0.15, 0.2) is 18.2 Å². The van der Waals surface area contributed by atoms with E-state index in [0.29, 0.717) is 0 Å². The largest absolute Gasteiger partial charge is 0.396 e. The number of aryl methyl sites for hydroxylation is 1. The number of anilines is 1. The van der Waals surface area contributed by atoms with Gasteiger partial charge in [0.05, 0.1) is 5.69 Å². The van der Waals surface area contributed by atoms with E-state index in [1.165, 1.54) is 12.1 Å². The lowest BCUT2D eigenvalue weighted by Crippen LogP contribution is -2.38. The predicted molar refractivity (Wildman–Crippen MR) is 69.0 cm³/mol. The van der Waals surface area contributed by atoms with Crippen LogP contribution in [0.5, 0.6) is 0 Å². The number of nitrogens with one attached hydrogen (secondary N) is 2. The van der Waals surface area contributed by atoms with E-state index >= 15 is 0 Å². The Labute approximate surface area is 110 Å². The van der Waals surface area contributed by atoms with Gasteiger partial charge in [-0.3, -0.25) is 9.59 Å². The average Bonchev–Trinajstić information content (AvgIpc) is 2.39. The first-order valence-corrected chi connectivity index (χ1v) is 5.90. The van der Waals surface area contributed by atoms with E-state index in [4.69, 9.17) is 5.11 Å². The van der Waals surface area contributed by atoms with Crippen molar-refractivity contribution in [1.82, 2.24) is 5.32 Å². The molecule has 2 amide bonds. The number of carbonyl (C=O) groups is 2. The lowest BCUT2D eigenvalue weighted by molar-refractivity contribution is -0.136. The fourth-order valence-corrected chi connectivity index (χ4v) is 1.33. The summed E-state index contributed by atoms with van der Waals surface area (Å²) in [6.45, 7) is 3.56. The summed E-state index contributed by atoms with van der Waals surface area (Å²) in [6, 6.07) is 4.22. The molecule has 0 fully saturated rings. The highest BCUT2D eigenvalue weighted by molar-refractivity contribution is 6.39. The van der Waals surface area contributed by atoms with Crippen LogP contribution in [-0.2, 0) is 9.59 Å². The molecule has 1 aromatic carbocycles. The first-order chi connectivity index (χ1) is 8.93. The van der Waals surface area contributed by atoms with E-state index in [1.807, 2.05) is 0 Å². The zero-order valence-electron chi connectivity index (χ0n) is 10.9. The first kappa shape index (κ1) is 15.1. The Balaban J connectivity index is 2.59. The van der Waals surface area contributed by atoms with Crippen molar-refractivity contribution in [3.8, 4) is 0 Å². The molecule has 0 bridgehead atoms. The Morgan fingerprint density at radius 2 is 2.05 bits per heavy atom. The van der Waals surface area contributed by atoms with Crippen LogP contribution < -0.4 is 10.6 Å². The van der Waals surface area contributed by atoms with Gasteiger partial charge in [0.1, 0.15) is 5.82 Å². The summed E-state index contributed by atoms with van der Waals surface area (Å²) in [5.74, 6) is -2.54. The molecule has 5 nitrogen and oxygen atoms in total. The van der Waals surface area contributed by atoms with Crippen LogP contribution in [-0.4, -0.2) is 30.1 Å². The molecule has 104 valence electrons. The number of benzene rings is 1. The minimum Gasteiger partial charge on any atom is -0.396 e. The standard InChI is InChI=1S/C13H17FN2O3/c1-8-3-4-10(14)11(5-8)16-13(19)12(18)15-6-9(2)7-17/h3-5,9,17H,6-7H2,1-2H3,(H,15,18)(H,16,19). The molecule has 0 saturated heterocycles. The van der Waals surface area contributed by atoms with Gasteiger partial charge in [0.2, 0.25) is 0 Å². The Morgan fingerprint density at radius 3 is 2.68 bits per heavy atom. The van der Waals surface area contributed by atoms with Gasteiger partial charge in [0.25, 0.3) is 0 Å². The van der Waals surface area contributed by atoms with Crippen molar-refractivity contribution in [3.05, 3.63) is 29.6 Å². The van der Waals surface area contributed by atoms with Crippen molar-refractivity contribution >= 4 is 17.5 Å². The van der Waals surface area contributed by atoms with Gasteiger partial charge in [-0.15, -0.1) is 0 Å². The maximum atomic E-state index is 13.4. The molecule has 0 aromatic heterocycles. The van der Waals surface area contributed by atoms with Crippen molar-refractivity contribution in [2.24, 2.45) is 5.92 Å². The number of amides is 2. The number of rotatable bonds is 4. The van der Waals surface area contributed by atoms with E-state index in [-0.39, 0.29) is 24.8 Å². The topological polar surface area (TPSA) is 78.4 Å².